The molecular weight excluding hydrogens is 539 g/mol. The third-order valence-corrected chi connectivity index (χ3v) is 21.0. The molecule has 0 spiro atoms. The first-order chi connectivity index (χ1) is 17.1. The third-order valence-electron chi connectivity index (χ3n) is 6.97. The molecular formula is C31H48O3Sn. The molecule has 0 fully saturated rings. The second-order valence-electron chi connectivity index (χ2n) is 9.70. The molecule has 0 aliphatic rings. The molecule has 3 nitrogen and oxygen atoms in total. The Morgan fingerprint density at radius 3 is 1.89 bits per heavy atom. The van der Waals surface area contributed by atoms with Gasteiger partial charge >= 0.3 is 220 Å². The maximum absolute atomic E-state index is 6.03. The van der Waals surface area contributed by atoms with E-state index >= 15 is 0 Å². The molecule has 0 aliphatic heterocycles. The maximum atomic E-state index is 6.03. The number of ether oxygens (including phenoxy) is 3. The molecule has 0 saturated carbocycles. The number of methoxy groups -OCH3 is 2. The Kier molecular flexibility index (Phi) is 14.5. The minimum absolute atomic E-state index is 0.643. The van der Waals surface area contributed by atoms with Crippen molar-refractivity contribution in [2.75, 3.05) is 20.8 Å². The van der Waals surface area contributed by atoms with Crippen molar-refractivity contribution in [3.8, 4) is 11.5 Å². The molecule has 2 aromatic rings. The van der Waals surface area contributed by atoms with Crippen molar-refractivity contribution in [2.45, 2.75) is 85.6 Å². The van der Waals surface area contributed by atoms with Crippen molar-refractivity contribution in [1.29, 1.82) is 0 Å². The van der Waals surface area contributed by atoms with Gasteiger partial charge in [0.25, 0.3) is 0 Å². The molecule has 2 aromatic carbocycles. The number of hydrogen-bond donors (Lipinski definition) is 0. The van der Waals surface area contributed by atoms with Crippen LogP contribution in [0.25, 0.3) is 6.08 Å². The van der Waals surface area contributed by atoms with Crippen molar-refractivity contribution >= 4 is 24.5 Å². The second-order valence-corrected chi connectivity index (χ2v) is 22.7. The molecule has 0 amide bonds. The summed E-state index contributed by atoms with van der Waals surface area (Å²) in [7, 11) is 3.44. The summed E-state index contributed by atoms with van der Waals surface area (Å²) in [5.41, 5.74) is 3.74. The van der Waals surface area contributed by atoms with Gasteiger partial charge in [-0.2, -0.15) is 0 Å². The first kappa shape index (κ1) is 29.8. The van der Waals surface area contributed by atoms with E-state index in [1.165, 1.54) is 68.5 Å². The molecule has 0 unspecified atom stereocenters. The van der Waals surface area contributed by atoms with E-state index in [-0.39, 0.29) is 0 Å². The first-order valence-corrected chi connectivity index (χ1v) is 21.4. The molecule has 0 aliphatic carbocycles. The Morgan fingerprint density at radius 2 is 1.34 bits per heavy atom. The molecule has 4 heteroatoms. The summed E-state index contributed by atoms with van der Waals surface area (Å²) in [5.74, 6) is 1.60. The van der Waals surface area contributed by atoms with Gasteiger partial charge in [0, 0.05) is 0 Å². The first-order valence-electron chi connectivity index (χ1n) is 13.7. The minimum atomic E-state index is -2.38. The average Bonchev–Trinajstić information content (AvgIpc) is 2.90. The summed E-state index contributed by atoms with van der Waals surface area (Å²) < 4.78 is 24.5. The van der Waals surface area contributed by atoms with Gasteiger partial charge in [-0.15, -0.1) is 0 Å². The molecule has 0 N–H and O–H groups in total. The Bertz CT molecular complexity index is 841. The number of unbranched alkanes of at least 4 members (excludes halogenated alkanes) is 3. The van der Waals surface area contributed by atoms with Crippen LogP contribution in [0.2, 0.25) is 13.3 Å². The predicted octanol–water partition coefficient (Wildman–Crippen LogP) is 8.86. The van der Waals surface area contributed by atoms with E-state index < -0.39 is 18.4 Å². The second kappa shape index (κ2) is 17.1. The molecule has 0 bridgehead atoms. The summed E-state index contributed by atoms with van der Waals surface area (Å²) in [4.78, 5) is 0. The van der Waals surface area contributed by atoms with Gasteiger partial charge in [0.05, 0.1) is 0 Å². The molecule has 0 heterocycles. The van der Waals surface area contributed by atoms with Crippen LogP contribution in [-0.4, -0.2) is 39.2 Å². The Hall–Kier alpha value is -1.46. The monoisotopic (exact) mass is 588 g/mol. The van der Waals surface area contributed by atoms with Crippen LogP contribution in [0, 0.1) is 0 Å². The Labute approximate surface area is 219 Å². The van der Waals surface area contributed by atoms with Gasteiger partial charge in [0.1, 0.15) is 0 Å². The fourth-order valence-corrected chi connectivity index (χ4v) is 18.9. The van der Waals surface area contributed by atoms with Crippen LogP contribution < -0.4 is 9.47 Å². The van der Waals surface area contributed by atoms with Crippen molar-refractivity contribution in [3.05, 3.63) is 63.2 Å². The van der Waals surface area contributed by atoms with E-state index in [4.69, 9.17) is 14.2 Å². The predicted molar refractivity (Wildman–Crippen MR) is 153 cm³/mol. The summed E-state index contributed by atoms with van der Waals surface area (Å²) in [5, 5.41) is 0. The zero-order chi connectivity index (χ0) is 25.4. The van der Waals surface area contributed by atoms with Gasteiger partial charge in [-0.1, -0.05) is 0 Å². The molecule has 0 aromatic heterocycles. The van der Waals surface area contributed by atoms with E-state index in [0.717, 1.165) is 17.9 Å². The zero-order valence-corrected chi connectivity index (χ0v) is 25.8. The summed E-state index contributed by atoms with van der Waals surface area (Å²) >= 11 is -2.38. The van der Waals surface area contributed by atoms with Crippen molar-refractivity contribution in [3.63, 3.8) is 0 Å². The average molecular weight is 587 g/mol. The molecule has 0 saturated heterocycles. The topological polar surface area (TPSA) is 27.7 Å². The van der Waals surface area contributed by atoms with Gasteiger partial charge in [-0.05, 0) is 0 Å². The van der Waals surface area contributed by atoms with Gasteiger partial charge in [0.2, 0.25) is 0 Å². The van der Waals surface area contributed by atoms with E-state index in [1.54, 1.807) is 14.2 Å². The van der Waals surface area contributed by atoms with Crippen LogP contribution in [-0.2, 0) is 17.8 Å². The fraction of sp³-hybridized carbons (Fsp3) is 0.548. The standard InChI is InChI=1S/C19H21O3.3C4H9.Sn/c1-4-16-12-18(20-2)19(21-3)13-17(16)10-11-22-14-15-8-6-5-7-9-15;3*1-3-4-2;/h1,4-9,12-13H,10-11,14H2,2-3H3;3*1,3-4H2,2H3;. The number of hydrogen-bond acceptors (Lipinski definition) is 3. The molecule has 194 valence electrons. The normalized spacial score (nSPS) is 11.8. The van der Waals surface area contributed by atoms with Crippen LogP contribution in [0.15, 0.2) is 46.6 Å². The molecule has 35 heavy (non-hydrogen) atoms. The van der Waals surface area contributed by atoms with Crippen LogP contribution in [0.5, 0.6) is 11.5 Å². The van der Waals surface area contributed by atoms with Crippen LogP contribution >= 0.6 is 0 Å². The molecule has 2 rings (SSSR count). The van der Waals surface area contributed by atoms with Crippen LogP contribution in [0.4, 0.5) is 0 Å². The van der Waals surface area contributed by atoms with Gasteiger partial charge in [-0.3, -0.25) is 0 Å². The number of benzene rings is 2. The summed E-state index contributed by atoms with van der Waals surface area (Å²) in [6.07, 6.45) is 11.3. The number of rotatable bonds is 18. The van der Waals surface area contributed by atoms with Crippen LogP contribution in [0.1, 0.15) is 76.0 Å². The van der Waals surface area contributed by atoms with Gasteiger partial charge < -0.3 is 0 Å². The van der Waals surface area contributed by atoms with E-state index in [0.29, 0.717) is 13.2 Å². The SMILES string of the molecule is CCC[CH2][Sn](/[CH]=C/c1cc(OC)c(OC)cc1CCOCc1ccccc1)([CH2]CCC)[CH2]CCC. The van der Waals surface area contributed by atoms with Crippen molar-refractivity contribution in [2.24, 2.45) is 0 Å². The molecule has 0 radical (unpaired) electrons. The quantitative estimate of drug-likeness (QED) is 0.129. The van der Waals surface area contributed by atoms with Gasteiger partial charge in [-0.25, -0.2) is 0 Å². The van der Waals surface area contributed by atoms with Crippen molar-refractivity contribution < 1.29 is 14.2 Å². The fourth-order valence-electron chi connectivity index (χ4n) is 4.73. The van der Waals surface area contributed by atoms with E-state index in [2.05, 4.69) is 67.3 Å². The third kappa shape index (κ3) is 10.2. The van der Waals surface area contributed by atoms with Crippen molar-refractivity contribution in [1.82, 2.24) is 0 Å². The van der Waals surface area contributed by atoms with E-state index in [9.17, 15) is 0 Å². The summed E-state index contributed by atoms with van der Waals surface area (Å²) in [6.45, 7) is 8.33. The van der Waals surface area contributed by atoms with Crippen LogP contribution in [0.3, 0.4) is 0 Å². The zero-order valence-electron chi connectivity index (χ0n) is 22.9. The Morgan fingerprint density at radius 1 is 0.771 bits per heavy atom. The molecule has 0 atom stereocenters. The Balaban J connectivity index is 2.28. The van der Waals surface area contributed by atoms with E-state index in [1.807, 2.05) is 6.07 Å². The summed E-state index contributed by atoms with van der Waals surface area (Å²) in [6, 6.07) is 14.7. The van der Waals surface area contributed by atoms with Gasteiger partial charge in [0.15, 0.2) is 0 Å².